The first-order valence-corrected chi connectivity index (χ1v) is 10.1. The molecule has 2 aliphatic heterocycles. The highest BCUT2D eigenvalue weighted by Gasteiger charge is 2.32. The number of aliphatic imine (C=N–C) groups is 1. The molecule has 2 aromatic carbocycles. The standard InChI is InChI=1S/C22H20F3N5O3/c23-16-5-3-15(4-6-16)18-9-10-29(12-19(18)28-32)21-26-13-30(22(31)27-21)11-14-1-7-17(8-2-14)33-20(24)25/h1-9,13,19-21H,10-12H2,(H,27,31)/t19-,21?/m0/s1. The van der Waals surface area contributed by atoms with Gasteiger partial charge in [0.15, 0.2) is 6.29 Å². The van der Waals surface area contributed by atoms with E-state index < -0.39 is 25.0 Å². The molecule has 0 aromatic heterocycles. The normalized spacial score (nSPS) is 21.0. The number of hydrogen-bond donors (Lipinski definition) is 1. The number of nitrogens with one attached hydrogen (secondary N) is 1. The number of rotatable bonds is 7. The van der Waals surface area contributed by atoms with Crippen molar-refractivity contribution in [1.29, 1.82) is 0 Å². The molecule has 0 radical (unpaired) electrons. The minimum Gasteiger partial charge on any atom is -0.435 e. The SMILES string of the molecule is O=N[C@H]1CN(C2N=CN(Cc3ccc(OC(F)F)cc3)C(=O)N2)CC=C1c1ccc(F)cc1. The van der Waals surface area contributed by atoms with Crippen LogP contribution in [0.25, 0.3) is 5.57 Å². The van der Waals surface area contributed by atoms with Gasteiger partial charge in [-0.05, 0) is 41.0 Å². The zero-order valence-electron chi connectivity index (χ0n) is 17.3. The van der Waals surface area contributed by atoms with E-state index in [1.807, 2.05) is 6.08 Å². The van der Waals surface area contributed by atoms with Gasteiger partial charge >= 0.3 is 12.6 Å². The van der Waals surface area contributed by atoms with E-state index >= 15 is 0 Å². The highest BCUT2D eigenvalue weighted by molar-refractivity contribution is 5.88. The van der Waals surface area contributed by atoms with Crippen LogP contribution >= 0.6 is 0 Å². The molecule has 4 rings (SSSR count). The van der Waals surface area contributed by atoms with E-state index in [0.29, 0.717) is 23.2 Å². The van der Waals surface area contributed by atoms with E-state index in [9.17, 15) is 22.9 Å². The molecule has 2 atom stereocenters. The fraction of sp³-hybridized carbons (Fsp3) is 0.273. The molecule has 0 saturated carbocycles. The number of halogens is 3. The molecule has 2 aliphatic rings. The van der Waals surface area contributed by atoms with Crippen molar-refractivity contribution in [2.75, 3.05) is 13.1 Å². The van der Waals surface area contributed by atoms with Crippen LogP contribution in [0.3, 0.4) is 0 Å². The predicted octanol–water partition coefficient (Wildman–Crippen LogP) is 3.80. The minimum absolute atomic E-state index is 0.0297. The molecule has 8 nitrogen and oxygen atoms in total. The Morgan fingerprint density at radius 2 is 1.88 bits per heavy atom. The van der Waals surface area contributed by atoms with Gasteiger partial charge in [0.1, 0.15) is 17.6 Å². The second-order valence-electron chi connectivity index (χ2n) is 7.48. The second kappa shape index (κ2) is 9.82. The van der Waals surface area contributed by atoms with Gasteiger partial charge in [0, 0.05) is 13.1 Å². The number of carbonyl (C=O) groups excluding carboxylic acids is 1. The molecule has 1 unspecified atom stereocenters. The molecule has 0 saturated heterocycles. The number of hydrogen-bond acceptors (Lipinski definition) is 6. The molecule has 2 aromatic rings. The van der Waals surface area contributed by atoms with Gasteiger partial charge in [0.2, 0.25) is 0 Å². The quantitative estimate of drug-likeness (QED) is 0.639. The lowest BCUT2D eigenvalue weighted by Gasteiger charge is -2.36. The summed E-state index contributed by atoms with van der Waals surface area (Å²) in [6.45, 7) is -2.07. The second-order valence-corrected chi connectivity index (χ2v) is 7.48. The Morgan fingerprint density at radius 3 is 2.52 bits per heavy atom. The third kappa shape index (κ3) is 5.37. The molecule has 1 N–H and O–H groups in total. The van der Waals surface area contributed by atoms with Gasteiger partial charge < -0.3 is 10.1 Å². The zero-order valence-corrected chi connectivity index (χ0v) is 17.3. The largest absolute Gasteiger partial charge is 0.435 e. The van der Waals surface area contributed by atoms with Crippen LogP contribution in [0.15, 0.2) is 64.8 Å². The molecule has 0 aliphatic carbocycles. The van der Waals surface area contributed by atoms with E-state index in [1.54, 1.807) is 29.2 Å². The third-order valence-electron chi connectivity index (χ3n) is 5.32. The first kappa shape index (κ1) is 22.5. The maximum Gasteiger partial charge on any atom is 0.387 e. The van der Waals surface area contributed by atoms with E-state index in [-0.39, 0.29) is 24.7 Å². The first-order chi connectivity index (χ1) is 15.9. The Labute approximate surface area is 187 Å². The number of carbonyl (C=O) groups is 1. The maximum atomic E-state index is 13.2. The molecule has 0 spiro atoms. The summed E-state index contributed by atoms with van der Waals surface area (Å²) in [6, 6.07) is 10.7. The number of nitroso groups, excluding NO2 is 1. The van der Waals surface area contributed by atoms with E-state index in [2.05, 4.69) is 20.2 Å². The Kier molecular flexibility index (Phi) is 6.68. The van der Waals surface area contributed by atoms with E-state index in [4.69, 9.17) is 0 Å². The average Bonchev–Trinajstić information content (AvgIpc) is 2.81. The lowest BCUT2D eigenvalue weighted by atomic mass is 9.95. The molecule has 0 bridgehead atoms. The summed E-state index contributed by atoms with van der Waals surface area (Å²) < 4.78 is 42.0. The number of urea groups is 1. The van der Waals surface area contributed by atoms with Crippen molar-refractivity contribution >= 4 is 17.9 Å². The molecular formula is C22H20F3N5O3. The summed E-state index contributed by atoms with van der Waals surface area (Å²) in [5.74, 6) is -0.337. The number of ether oxygens (including phenoxy) is 1. The first-order valence-electron chi connectivity index (χ1n) is 10.1. The Bertz CT molecular complexity index is 1060. The van der Waals surface area contributed by atoms with Crippen LogP contribution in [0, 0.1) is 10.7 Å². The fourth-order valence-electron chi connectivity index (χ4n) is 3.69. The number of nitrogens with zero attached hydrogens (tertiary/aromatic N) is 4. The van der Waals surface area contributed by atoms with Crippen molar-refractivity contribution < 1.29 is 22.7 Å². The van der Waals surface area contributed by atoms with Gasteiger partial charge in [-0.2, -0.15) is 13.7 Å². The highest BCUT2D eigenvalue weighted by Crippen LogP contribution is 2.26. The van der Waals surface area contributed by atoms with Gasteiger partial charge in [0.05, 0.1) is 12.9 Å². The lowest BCUT2D eigenvalue weighted by molar-refractivity contribution is -0.0498. The van der Waals surface area contributed by atoms with Crippen LogP contribution < -0.4 is 10.1 Å². The Morgan fingerprint density at radius 1 is 1.15 bits per heavy atom. The molecule has 172 valence electrons. The Balaban J connectivity index is 1.40. The topological polar surface area (TPSA) is 86.6 Å². The molecular weight excluding hydrogens is 439 g/mol. The molecule has 33 heavy (non-hydrogen) atoms. The molecule has 0 fully saturated rings. The van der Waals surface area contributed by atoms with Gasteiger partial charge in [-0.1, -0.05) is 35.5 Å². The van der Waals surface area contributed by atoms with Crippen molar-refractivity contribution in [3.05, 3.63) is 76.5 Å². The summed E-state index contributed by atoms with van der Waals surface area (Å²) in [5, 5.41) is 5.97. The summed E-state index contributed by atoms with van der Waals surface area (Å²) in [5.41, 5.74) is 2.12. The van der Waals surface area contributed by atoms with Crippen LogP contribution in [-0.2, 0) is 6.54 Å². The van der Waals surface area contributed by atoms with Crippen molar-refractivity contribution in [2.24, 2.45) is 10.2 Å². The van der Waals surface area contributed by atoms with Gasteiger partial charge in [-0.15, -0.1) is 0 Å². The average molecular weight is 459 g/mol. The monoisotopic (exact) mass is 459 g/mol. The van der Waals surface area contributed by atoms with Crippen molar-refractivity contribution in [2.45, 2.75) is 25.5 Å². The summed E-state index contributed by atoms with van der Waals surface area (Å²) >= 11 is 0. The molecule has 11 heteroatoms. The third-order valence-corrected chi connectivity index (χ3v) is 5.32. The number of benzene rings is 2. The zero-order chi connectivity index (χ0) is 23.4. The summed E-state index contributed by atoms with van der Waals surface area (Å²) in [7, 11) is 0. The van der Waals surface area contributed by atoms with Crippen molar-refractivity contribution in [3.8, 4) is 5.75 Å². The van der Waals surface area contributed by atoms with Gasteiger partial charge in [-0.3, -0.25) is 9.80 Å². The van der Waals surface area contributed by atoms with Crippen LogP contribution in [0.5, 0.6) is 5.75 Å². The van der Waals surface area contributed by atoms with Crippen molar-refractivity contribution in [1.82, 2.24) is 15.1 Å². The van der Waals surface area contributed by atoms with Crippen LogP contribution in [-0.4, -0.2) is 54.2 Å². The van der Waals surface area contributed by atoms with Gasteiger partial charge in [0.25, 0.3) is 0 Å². The summed E-state index contributed by atoms with van der Waals surface area (Å²) in [6.07, 6.45) is 2.54. The van der Waals surface area contributed by atoms with E-state index in [1.165, 1.54) is 35.5 Å². The molecule has 2 heterocycles. The minimum atomic E-state index is -2.90. The fourth-order valence-corrected chi connectivity index (χ4v) is 3.69. The lowest BCUT2D eigenvalue weighted by Crippen LogP contribution is -2.56. The number of amides is 2. The summed E-state index contributed by atoms with van der Waals surface area (Å²) in [4.78, 5) is 31.5. The Hall–Kier alpha value is -3.73. The highest BCUT2D eigenvalue weighted by atomic mass is 19.3. The predicted molar refractivity (Wildman–Crippen MR) is 115 cm³/mol. The molecule has 2 amide bonds. The van der Waals surface area contributed by atoms with Gasteiger partial charge in [-0.25, -0.2) is 14.2 Å². The maximum absolute atomic E-state index is 13.2. The smallest absolute Gasteiger partial charge is 0.387 e. The van der Waals surface area contributed by atoms with Crippen LogP contribution in [0.2, 0.25) is 0 Å². The van der Waals surface area contributed by atoms with Crippen LogP contribution in [0.4, 0.5) is 18.0 Å². The van der Waals surface area contributed by atoms with Crippen molar-refractivity contribution in [3.63, 3.8) is 0 Å². The van der Waals surface area contributed by atoms with Crippen LogP contribution in [0.1, 0.15) is 11.1 Å². The van der Waals surface area contributed by atoms with E-state index in [0.717, 1.165) is 0 Å². The number of alkyl halides is 2.